The van der Waals surface area contributed by atoms with Crippen LogP contribution in [0.3, 0.4) is 0 Å². The summed E-state index contributed by atoms with van der Waals surface area (Å²) in [6.07, 6.45) is 9.43. The third-order valence-electron chi connectivity index (χ3n) is 6.89. The Morgan fingerprint density at radius 1 is 1.21 bits per heavy atom. The van der Waals surface area contributed by atoms with Gasteiger partial charge in [0.05, 0.1) is 19.4 Å². The van der Waals surface area contributed by atoms with E-state index in [0.29, 0.717) is 19.1 Å². The average molecular weight is 389 g/mol. The van der Waals surface area contributed by atoms with Crippen LogP contribution >= 0.6 is 0 Å². The van der Waals surface area contributed by atoms with Crippen LogP contribution in [-0.2, 0) is 20.9 Å². The maximum absolute atomic E-state index is 13.5. The largest absolute Gasteiger partial charge is 0.467 e. The summed E-state index contributed by atoms with van der Waals surface area (Å²) in [5, 5.41) is 0. The summed E-state index contributed by atoms with van der Waals surface area (Å²) in [6, 6.07) is 3.15. The highest BCUT2D eigenvalue weighted by Crippen LogP contribution is 2.44. The van der Waals surface area contributed by atoms with Crippen LogP contribution in [0, 0.1) is 11.8 Å². The summed E-state index contributed by atoms with van der Waals surface area (Å²) in [7, 11) is 1.77. The summed E-state index contributed by atoms with van der Waals surface area (Å²) in [5.74, 6) is 1.51. The number of furan rings is 1. The Labute approximate surface area is 167 Å². The molecule has 1 aromatic rings. The molecule has 6 heteroatoms. The second-order valence-corrected chi connectivity index (χ2v) is 8.92. The minimum atomic E-state index is -0.585. The van der Waals surface area contributed by atoms with Gasteiger partial charge in [-0.2, -0.15) is 0 Å². The van der Waals surface area contributed by atoms with Crippen molar-refractivity contribution in [3.05, 3.63) is 24.2 Å². The molecule has 0 radical (unpaired) electrons. The van der Waals surface area contributed by atoms with Gasteiger partial charge < -0.3 is 14.1 Å². The first-order valence-electron chi connectivity index (χ1n) is 10.7. The van der Waals surface area contributed by atoms with Gasteiger partial charge in [0.15, 0.2) is 0 Å². The summed E-state index contributed by atoms with van der Waals surface area (Å²) in [4.78, 5) is 30.3. The van der Waals surface area contributed by atoms with Crippen LogP contribution in [0.15, 0.2) is 22.8 Å². The Balaban J connectivity index is 1.56. The number of hydrogen-bond acceptors (Lipinski definition) is 4. The van der Waals surface area contributed by atoms with E-state index in [1.165, 1.54) is 0 Å². The summed E-state index contributed by atoms with van der Waals surface area (Å²) in [5.41, 5.74) is -0.585. The molecule has 4 rings (SSSR count). The highest BCUT2D eigenvalue weighted by molar-refractivity contribution is 5.89. The van der Waals surface area contributed by atoms with Crippen molar-refractivity contribution in [2.24, 2.45) is 11.8 Å². The zero-order valence-electron chi connectivity index (χ0n) is 17.1. The number of rotatable bonds is 4. The molecule has 1 unspecified atom stereocenters. The molecule has 2 aliphatic carbocycles. The van der Waals surface area contributed by atoms with Gasteiger partial charge in [-0.25, -0.2) is 0 Å². The molecule has 0 bridgehead atoms. The van der Waals surface area contributed by atoms with Crippen molar-refractivity contribution in [1.82, 2.24) is 9.80 Å². The lowest BCUT2D eigenvalue weighted by atomic mass is 9.83. The van der Waals surface area contributed by atoms with Crippen LogP contribution in [0.4, 0.5) is 0 Å². The van der Waals surface area contributed by atoms with Gasteiger partial charge in [0.1, 0.15) is 17.5 Å². The Hall–Kier alpha value is -1.82. The van der Waals surface area contributed by atoms with Crippen LogP contribution < -0.4 is 0 Å². The van der Waals surface area contributed by atoms with Gasteiger partial charge in [0, 0.05) is 13.0 Å². The van der Waals surface area contributed by atoms with E-state index in [1.54, 1.807) is 18.2 Å². The van der Waals surface area contributed by atoms with Crippen molar-refractivity contribution in [3.8, 4) is 0 Å². The van der Waals surface area contributed by atoms with Crippen molar-refractivity contribution in [2.75, 3.05) is 13.7 Å². The predicted octanol–water partition coefficient (Wildman–Crippen LogP) is 3.56. The van der Waals surface area contributed by atoms with Crippen molar-refractivity contribution in [1.29, 1.82) is 0 Å². The van der Waals surface area contributed by atoms with E-state index in [0.717, 1.165) is 57.1 Å². The Kier molecular flexibility index (Phi) is 5.50. The van der Waals surface area contributed by atoms with E-state index in [-0.39, 0.29) is 17.7 Å². The van der Waals surface area contributed by atoms with Crippen molar-refractivity contribution < 1.29 is 18.7 Å². The number of amides is 2. The van der Waals surface area contributed by atoms with Crippen LogP contribution in [0.2, 0.25) is 0 Å². The van der Waals surface area contributed by atoms with Gasteiger partial charge in [0.2, 0.25) is 11.8 Å². The fraction of sp³-hybridized carbons (Fsp3) is 0.727. The lowest BCUT2D eigenvalue weighted by Gasteiger charge is -2.44. The van der Waals surface area contributed by atoms with Gasteiger partial charge in [-0.05, 0) is 56.6 Å². The fourth-order valence-electron chi connectivity index (χ4n) is 5.13. The number of carbonyl (C=O) groups is 2. The van der Waals surface area contributed by atoms with Crippen LogP contribution in [0.1, 0.15) is 64.1 Å². The molecule has 0 aromatic carbocycles. The standard InChI is InChI=1S/C22H32N2O4/c1-16-9-11-22(12-10-16)24(20(25)17-6-3-4-7-17)19(15-28-22)21(26)23(2)14-18-8-5-13-27-18/h5,8,13,16-17,19H,3-4,6-7,9-12,14-15H2,1-2H3. The molecule has 154 valence electrons. The van der Waals surface area contributed by atoms with E-state index in [4.69, 9.17) is 9.15 Å². The molecule has 2 amide bonds. The SMILES string of the molecule is CC1CCC2(CC1)OCC(C(=O)N(C)Cc1ccco1)N2C(=O)C1CCCC1. The first-order chi connectivity index (χ1) is 13.5. The second kappa shape index (κ2) is 7.90. The molecule has 1 saturated heterocycles. The molecule has 0 N–H and O–H groups in total. The third kappa shape index (κ3) is 3.59. The van der Waals surface area contributed by atoms with E-state index >= 15 is 0 Å². The molecular weight excluding hydrogens is 356 g/mol. The highest BCUT2D eigenvalue weighted by atomic mass is 16.5. The Bertz CT molecular complexity index is 687. The highest BCUT2D eigenvalue weighted by Gasteiger charge is 2.55. The van der Waals surface area contributed by atoms with E-state index in [9.17, 15) is 9.59 Å². The molecular formula is C22H32N2O4. The van der Waals surface area contributed by atoms with Crippen LogP contribution in [0.5, 0.6) is 0 Å². The van der Waals surface area contributed by atoms with E-state index < -0.39 is 11.8 Å². The number of carbonyl (C=O) groups excluding carboxylic acids is 2. The number of nitrogens with zero attached hydrogens (tertiary/aromatic N) is 2. The lowest BCUT2D eigenvalue weighted by Crippen LogP contribution is -2.58. The summed E-state index contributed by atoms with van der Waals surface area (Å²) < 4.78 is 11.7. The zero-order valence-corrected chi connectivity index (χ0v) is 17.1. The minimum absolute atomic E-state index is 0.0450. The molecule has 1 aliphatic heterocycles. The fourth-order valence-corrected chi connectivity index (χ4v) is 5.13. The number of likely N-dealkylation sites (N-methyl/N-ethyl adjacent to an activating group) is 1. The summed E-state index contributed by atoms with van der Waals surface area (Å²) >= 11 is 0. The Morgan fingerprint density at radius 3 is 2.57 bits per heavy atom. The van der Waals surface area contributed by atoms with Gasteiger partial charge in [-0.1, -0.05) is 19.8 Å². The molecule has 2 heterocycles. The molecule has 28 heavy (non-hydrogen) atoms. The van der Waals surface area contributed by atoms with E-state index in [1.807, 2.05) is 17.0 Å². The topological polar surface area (TPSA) is 63.0 Å². The number of ether oxygens (including phenoxy) is 1. The van der Waals surface area contributed by atoms with Gasteiger partial charge in [0.25, 0.3) is 0 Å². The summed E-state index contributed by atoms with van der Waals surface area (Å²) in [6.45, 7) is 2.96. The minimum Gasteiger partial charge on any atom is -0.467 e. The molecule has 1 spiro atoms. The van der Waals surface area contributed by atoms with Gasteiger partial charge in [-0.3, -0.25) is 14.5 Å². The van der Waals surface area contributed by atoms with Crippen molar-refractivity contribution in [2.45, 2.75) is 76.6 Å². The predicted molar refractivity (Wildman–Crippen MR) is 104 cm³/mol. The Morgan fingerprint density at radius 2 is 1.93 bits per heavy atom. The quantitative estimate of drug-likeness (QED) is 0.791. The second-order valence-electron chi connectivity index (χ2n) is 8.92. The smallest absolute Gasteiger partial charge is 0.248 e. The van der Waals surface area contributed by atoms with Crippen molar-refractivity contribution in [3.63, 3.8) is 0 Å². The molecule has 3 aliphatic rings. The first kappa shape index (κ1) is 19.5. The maximum atomic E-state index is 13.5. The third-order valence-corrected chi connectivity index (χ3v) is 6.89. The monoisotopic (exact) mass is 388 g/mol. The van der Waals surface area contributed by atoms with Gasteiger partial charge in [-0.15, -0.1) is 0 Å². The lowest BCUT2D eigenvalue weighted by molar-refractivity contribution is -0.166. The van der Waals surface area contributed by atoms with Crippen LogP contribution in [0.25, 0.3) is 0 Å². The van der Waals surface area contributed by atoms with Crippen molar-refractivity contribution >= 4 is 11.8 Å². The number of hydrogen-bond donors (Lipinski definition) is 0. The van der Waals surface area contributed by atoms with Gasteiger partial charge >= 0.3 is 0 Å². The maximum Gasteiger partial charge on any atom is 0.248 e. The molecule has 2 saturated carbocycles. The normalized spacial score (nSPS) is 30.9. The average Bonchev–Trinajstić information content (AvgIpc) is 3.44. The molecule has 1 aromatic heterocycles. The first-order valence-corrected chi connectivity index (χ1v) is 10.7. The van der Waals surface area contributed by atoms with Crippen LogP contribution in [-0.4, -0.2) is 47.0 Å². The van der Waals surface area contributed by atoms with E-state index in [2.05, 4.69) is 6.92 Å². The zero-order chi connectivity index (χ0) is 19.7. The molecule has 1 atom stereocenters. The molecule has 3 fully saturated rings. The molecule has 6 nitrogen and oxygen atoms in total.